The number of nitrogens with two attached hydrogens (primary N) is 1. The molecule has 0 aliphatic carbocycles. The van der Waals surface area contributed by atoms with E-state index in [4.69, 9.17) is 17.3 Å². The zero-order valence-corrected chi connectivity index (χ0v) is 13.9. The van der Waals surface area contributed by atoms with Crippen molar-refractivity contribution in [2.45, 2.75) is 30.7 Å². The molecule has 3 N–H and O–H groups in total. The van der Waals surface area contributed by atoms with Gasteiger partial charge in [0.25, 0.3) is 0 Å². The summed E-state index contributed by atoms with van der Waals surface area (Å²) in [4.78, 5) is 7.19. The largest absolute Gasteiger partial charge is 0.345 e. The Bertz CT molecular complexity index is 787. The number of aromatic amines is 1. The minimum absolute atomic E-state index is 0.0220. The van der Waals surface area contributed by atoms with Crippen LogP contribution in [0.25, 0.3) is 11.0 Å². The Balaban J connectivity index is 2.01. The molecule has 2 aromatic heterocycles. The first-order chi connectivity index (χ1) is 10.4. The molecule has 0 aromatic carbocycles. The summed E-state index contributed by atoms with van der Waals surface area (Å²) >= 11 is 6.16. The number of sulfonamides is 1. The lowest BCUT2D eigenvalue weighted by Crippen LogP contribution is -2.44. The SMILES string of the molecule is CC(N)C1CCCN(S(=O)(=O)c2c[nH]c3nccc(Cl)c23)C1. The van der Waals surface area contributed by atoms with Gasteiger partial charge in [-0.3, -0.25) is 0 Å². The van der Waals surface area contributed by atoms with Crippen molar-refractivity contribution in [2.75, 3.05) is 13.1 Å². The summed E-state index contributed by atoms with van der Waals surface area (Å²) in [5.74, 6) is 0.183. The fourth-order valence-electron chi connectivity index (χ4n) is 2.95. The third-order valence-corrected chi connectivity index (χ3v) is 6.47. The van der Waals surface area contributed by atoms with Gasteiger partial charge in [-0.05, 0) is 31.7 Å². The molecule has 8 heteroatoms. The molecule has 1 aliphatic rings. The van der Waals surface area contributed by atoms with Gasteiger partial charge in [0.05, 0.1) is 10.4 Å². The Kier molecular flexibility index (Phi) is 4.15. The third-order valence-electron chi connectivity index (χ3n) is 4.27. The predicted molar refractivity (Wildman–Crippen MR) is 86.2 cm³/mol. The number of H-pyrrole nitrogens is 1. The summed E-state index contributed by atoms with van der Waals surface area (Å²) in [5.41, 5.74) is 6.43. The smallest absolute Gasteiger partial charge is 0.245 e. The van der Waals surface area contributed by atoms with E-state index in [0.29, 0.717) is 29.1 Å². The van der Waals surface area contributed by atoms with Gasteiger partial charge in [0, 0.05) is 31.5 Å². The first kappa shape index (κ1) is 15.7. The van der Waals surface area contributed by atoms with Crippen LogP contribution in [-0.4, -0.2) is 41.8 Å². The predicted octanol–water partition coefficient (Wildman–Crippen LogP) is 1.96. The third kappa shape index (κ3) is 2.62. The summed E-state index contributed by atoms with van der Waals surface area (Å²) in [6, 6.07) is 1.57. The van der Waals surface area contributed by atoms with Crippen molar-refractivity contribution in [3.05, 3.63) is 23.5 Å². The van der Waals surface area contributed by atoms with Crippen LogP contribution in [0.4, 0.5) is 0 Å². The molecule has 3 heterocycles. The molecular formula is C14H19ClN4O2S. The molecule has 6 nitrogen and oxygen atoms in total. The van der Waals surface area contributed by atoms with Gasteiger partial charge < -0.3 is 10.7 Å². The number of nitrogens with one attached hydrogen (secondary N) is 1. The maximum Gasteiger partial charge on any atom is 0.245 e. The maximum atomic E-state index is 13.0. The number of nitrogens with zero attached hydrogens (tertiary/aromatic N) is 2. The highest BCUT2D eigenvalue weighted by Gasteiger charge is 2.33. The van der Waals surface area contributed by atoms with Crippen molar-refractivity contribution in [3.63, 3.8) is 0 Å². The number of aromatic nitrogens is 2. The van der Waals surface area contributed by atoms with Gasteiger partial charge in [0.15, 0.2) is 0 Å². The fraction of sp³-hybridized carbons (Fsp3) is 0.500. The van der Waals surface area contributed by atoms with E-state index < -0.39 is 10.0 Å². The summed E-state index contributed by atoms with van der Waals surface area (Å²) < 4.78 is 27.4. The highest BCUT2D eigenvalue weighted by atomic mass is 35.5. The minimum atomic E-state index is -3.61. The molecular weight excluding hydrogens is 324 g/mol. The van der Waals surface area contributed by atoms with E-state index in [2.05, 4.69) is 9.97 Å². The standard InChI is InChI=1S/C14H19ClN4O2S/c1-9(16)10-3-2-6-19(8-10)22(20,21)12-7-18-14-13(12)11(15)4-5-17-14/h4-5,7,9-10H,2-3,6,8,16H2,1H3,(H,17,18). The molecule has 1 fully saturated rings. The molecule has 0 spiro atoms. The van der Waals surface area contributed by atoms with Crippen LogP contribution >= 0.6 is 11.6 Å². The molecule has 1 saturated heterocycles. The van der Waals surface area contributed by atoms with E-state index in [1.807, 2.05) is 6.92 Å². The fourth-order valence-corrected chi connectivity index (χ4v) is 4.96. The molecule has 120 valence electrons. The lowest BCUT2D eigenvalue weighted by Gasteiger charge is -2.33. The summed E-state index contributed by atoms with van der Waals surface area (Å²) in [5, 5.41) is 0.831. The maximum absolute atomic E-state index is 13.0. The van der Waals surface area contributed by atoms with E-state index in [1.165, 1.54) is 10.5 Å². The van der Waals surface area contributed by atoms with Gasteiger partial charge in [-0.15, -0.1) is 0 Å². The Morgan fingerprint density at radius 3 is 3.05 bits per heavy atom. The van der Waals surface area contributed by atoms with Crippen molar-refractivity contribution >= 4 is 32.7 Å². The molecule has 0 amide bonds. The lowest BCUT2D eigenvalue weighted by molar-refractivity contribution is 0.243. The summed E-state index contributed by atoms with van der Waals surface area (Å²) in [7, 11) is -3.61. The molecule has 2 aromatic rings. The normalized spacial score (nSPS) is 22.0. The summed E-state index contributed by atoms with van der Waals surface area (Å²) in [6.45, 7) is 2.88. The Labute approximate surface area is 134 Å². The Morgan fingerprint density at radius 2 is 2.32 bits per heavy atom. The number of piperidine rings is 1. The lowest BCUT2D eigenvalue weighted by atomic mass is 9.93. The first-order valence-electron chi connectivity index (χ1n) is 7.28. The number of hydrogen-bond acceptors (Lipinski definition) is 4. The van der Waals surface area contributed by atoms with E-state index in [0.717, 1.165) is 12.8 Å². The van der Waals surface area contributed by atoms with Crippen LogP contribution in [0.3, 0.4) is 0 Å². The number of pyridine rings is 1. The second kappa shape index (κ2) is 5.81. The van der Waals surface area contributed by atoms with Crippen molar-refractivity contribution < 1.29 is 8.42 Å². The van der Waals surface area contributed by atoms with Crippen molar-refractivity contribution in [3.8, 4) is 0 Å². The quantitative estimate of drug-likeness (QED) is 0.891. The van der Waals surface area contributed by atoms with Crippen LogP contribution in [-0.2, 0) is 10.0 Å². The van der Waals surface area contributed by atoms with E-state index in [-0.39, 0.29) is 16.9 Å². The Hall–Kier alpha value is -1.15. The number of rotatable bonds is 3. The molecule has 2 atom stereocenters. The summed E-state index contributed by atoms with van der Waals surface area (Å²) in [6.07, 6.45) is 4.79. The average molecular weight is 343 g/mol. The van der Waals surface area contributed by atoms with Gasteiger partial charge >= 0.3 is 0 Å². The van der Waals surface area contributed by atoms with Gasteiger partial charge in [-0.25, -0.2) is 13.4 Å². The monoisotopic (exact) mass is 342 g/mol. The van der Waals surface area contributed by atoms with Gasteiger partial charge in [-0.1, -0.05) is 11.6 Å². The molecule has 0 saturated carbocycles. The van der Waals surface area contributed by atoms with Crippen LogP contribution in [0.2, 0.25) is 5.02 Å². The van der Waals surface area contributed by atoms with E-state index in [1.54, 1.807) is 12.3 Å². The van der Waals surface area contributed by atoms with E-state index >= 15 is 0 Å². The highest BCUT2D eigenvalue weighted by molar-refractivity contribution is 7.89. The van der Waals surface area contributed by atoms with Crippen molar-refractivity contribution in [2.24, 2.45) is 11.7 Å². The number of halogens is 1. The van der Waals surface area contributed by atoms with Crippen molar-refractivity contribution in [1.29, 1.82) is 0 Å². The van der Waals surface area contributed by atoms with Gasteiger partial charge in [-0.2, -0.15) is 4.31 Å². The second-order valence-electron chi connectivity index (χ2n) is 5.79. The molecule has 0 radical (unpaired) electrons. The Morgan fingerprint density at radius 1 is 1.55 bits per heavy atom. The first-order valence-corrected chi connectivity index (χ1v) is 9.10. The zero-order valence-electron chi connectivity index (χ0n) is 12.3. The highest BCUT2D eigenvalue weighted by Crippen LogP contribution is 2.32. The van der Waals surface area contributed by atoms with Crippen molar-refractivity contribution in [1.82, 2.24) is 14.3 Å². The van der Waals surface area contributed by atoms with E-state index in [9.17, 15) is 8.42 Å². The van der Waals surface area contributed by atoms with Crippen LogP contribution in [0.1, 0.15) is 19.8 Å². The van der Waals surface area contributed by atoms with Gasteiger partial charge in [0.1, 0.15) is 10.5 Å². The second-order valence-corrected chi connectivity index (χ2v) is 8.11. The van der Waals surface area contributed by atoms with Crippen LogP contribution < -0.4 is 5.73 Å². The van der Waals surface area contributed by atoms with Gasteiger partial charge in [0.2, 0.25) is 10.0 Å². The molecule has 1 aliphatic heterocycles. The number of hydrogen-bond donors (Lipinski definition) is 2. The topological polar surface area (TPSA) is 92.1 Å². The average Bonchev–Trinajstić information content (AvgIpc) is 2.93. The zero-order chi connectivity index (χ0) is 15.9. The molecule has 3 rings (SSSR count). The van der Waals surface area contributed by atoms with Crippen LogP contribution in [0.5, 0.6) is 0 Å². The molecule has 0 bridgehead atoms. The van der Waals surface area contributed by atoms with Crippen LogP contribution in [0, 0.1) is 5.92 Å². The molecule has 22 heavy (non-hydrogen) atoms. The van der Waals surface area contributed by atoms with Crippen LogP contribution in [0.15, 0.2) is 23.4 Å². The minimum Gasteiger partial charge on any atom is -0.345 e. The number of fused-ring (bicyclic) bond motifs is 1. The molecule has 2 unspecified atom stereocenters.